The molecular weight excluding hydrogens is 226 g/mol. The van der Waals surface area contributed by atoms with Crippen LogP contribution in [0.4, 0.5) is 0 Å². The van der Waals surface area contributed by atoms with Crippen molar-refractivity contribution in [2.24, 2.45) is 11.7 Å². The zero-order valence-electron chi connectivity index (χ0n) is 12.9. The fourth-order valence-corrected chi connectivity index (χ4v) is 2.16. The highest BCUT2D eigenvalue weighted by molar-refractivity contribution is 5.85. The van der Waals surface area contributed by atoms with Gasteiger partial charge in [-0.25, -0.2) is 0 Å². The Hall–Kier alpha value is -0.610. The Balaban J connectivity index is 4.50. The summed E-state index contributed by atoms with van der Waals surface area (Å²) < 4.78 is 0. The van der Waals surface area contributed by atoms with Crippen LogP contribution in [0, 0.1) is 5.92 Å². The molecule has 0 aliphatic carbocycles. The Morgan fingerprint density at radius 3 is 2.11 bits per heavy atom. The Morgan fingerprint density at radius 2 is 1.78 bits per heavy atom. The molecule has 0 aromatic heterocycles. The van der Waals surface area contributed by atoms with Gasteiger partial charge in [-0.05, 0) is 33.4 Å². The van der Waals surface area contributed by atoms with E-state index in [1.54, 1.807) is 6.92 Å². The van der Waals surface area contributed by atoms with E-state index < -0.39 is 5.54 Å². The lowest BCUT2D eigenvalue weighted by molar-refractivity contribution is -0.126. The van der Waals surface area contributed by atoms with Crippen LogP contribution in [0.5, 0.6) is 0 Å². The van der Waals surface area contributed by atoms with E-state index in [0.717, 1.165) is 12.8 Å². The van der Waals surface area contributed by atoms with Gasteiger partial charge in [-0.15, -0.1) is 0 Å². The molecule has 0 bridgehead atoms. The predicted octanol–water partition coefficient (Wildman–Crippen LogP) is 1.60. The number of rotatable bonds is 8. The number of hydrogen-bond donors (Lipinski definition) is 2. The maximum atomic E-state index is 12.0. The molecule has 2 unspecified atom stereocenters. The standard InChI is InChI=1S/C14H31N3O/c1-7-11(8-2)12(17(5)6)10-16-13(18)14(4,15)9-3/h11-12H,7-10,15H2,1-6H3,(H,16,18). The monoisotopic (exact) mass is 257 g/mol. The van der Waals surface area contributed by atoms with Gasteiger partial charge < -0.3 is 16.0 Å². The second kappa shape index (κ2) is 7.74. The largest absolute Gasteiger partial charge is 0.353 e. The van der Waals surface area contributed by atoms with Crippen LogP contribution >= 0.6 is 0 Å². The van der Waals surface area contributed by atoms with Crippen molar-refractivity contribution >= 4 is 5.91 Å². The Morgan fingerprint density at radius 1 is 1.28 bits per heavy atom. The van der Waals surface area contributed by atoms with Crippen molar-refractivity contribution in [1.29, 1.82) is 0 Å². The average molecular weight is 257 g/mol. The van der Waals surface area contributed by atoms with Crippen molar-refractivity contribution in [3.8, 4) is 0 Å². The quantitative estimate of drug-likeness (QED) is 0.694. The maximum absolute atomic E-state index is 12.0. The van der Waals surface area contributed by atoms with Crippen molar-refractivity contribution in [2.45, 2.75) is 58.5 Å². The fraction of sp³-hybridized carbons (Fsp3) is 0.929. The predicted molar refractivity (Wildman–Crippen MR) is 77.4 cm³/mol. The van der Waals surface area contributed by atoms with Gasteiger partial charge in [0.2, 0.25) is 5.91 Å². The number of nitrogens with two attached hydrogens (primary N) is 1. The highest BCUT2D eigenvalue weighted by atomic mass is 16.2. The zero-order valence-corrected chi connectivity index (χ0v) is 12.9. The summed E-state index contributed by atoms with van der Waals surface area (Å²) in [5.41, 5.74) is 5.18. The topological polar surface area (TPSA) is 58.4 Å². The molecular formula is C14H31N3O. The van der Waals surface area contributed by atoms with E-state index >= 15 is 0 Å². The van der Waals surface area contributed by atoms with Gasteiger partial charge in [0.25, 0.3) is 0 Å². The molecule has 0 spiro atoms. The van der Waals surface area contributed by atoms with Gasteiger partial charge in [-0.1, -0.05) is 33.6 Å². The van der Waals surface area contributed by atoms with E-state index in [-0.39, 0.29) is 5.91 Å². The first-order valence-corrected chi connectivity index (χ1v) is 7.03. The molecule has 1 amide bonds. The lowest BCUT2D eigenvalue weighted by Gasteiger charge is -2.32. The first-order chi connectivity index (χ1) is 8.30. The number of hydrogen-bond acceptors (Lipinski definition) is 3. The van der Waals surface area contributed by atoms with Gasteiger partial charge in [0, 0.05) is 12.6 Å². The smallest absolute Gasteiger partial charge is 0.239 e. The number of carbonyl (C=O) groups is 1. The number of nitrogens with one attached hydrogen (secondary N) is 1. The second-order valence-electron chi connectivity index (χ2n) is 5.59. The molecule has 0 rings (SSSR count). The van der Waals surface area contributed by atoms with E-state index in [1.807, 2.05) is 6.92 Å². The van der Waals surface area contributed by atoms with Crippen LogP contribution in [-0.4, -0.2) is 43.0 Å². The summed E-state index contributed by atoms with van der Waals surface area (Å²) in [5, 5.41) is 3.00. The first-order valence-electron chi connectivity index (χ1n) is 7.03. The molecule has 0 fully saturated rings. The van der Waals surface area contributed by atoms with Crippen LogP contribution in [0.3, 0.4) is 0 Å². The summed E-state index contributed by atoms with van der Waals surface area (Å²) >= 11 is 0. The fourth-order valence-electron chi connectivity index (χ4n) is 2.16. The Labute approximate surface area is 112 Å². The minimum Gasteiger partial charge on any atom is -0.353 e. The minimum atomic E-state index is -0.759. The van der Waals surface area contributed by atoms with Crippen molar-refractivity contribution in [1.82, 2.24) is 10.2 Å². The van der Waals surface area contributed by atoms with Crippen molar-refractivity contribution < 1.29 is 4.79 Å². The molecule has 18 heavy (non-hydrogen) atoms. The van der Waals surface area contributed by atoms with Crippen LogP contribution in [0.15, 0.2) is 0 Å². The van der Waals surface area contributed by atoms with Gasteiger partial charge in [0.15, 0.2) is 0 Å². The number of nitrogens with zero attached hydrogens (tertiary/aromatic N) is 1. The molecule has 0 aromatic rings. The van der Waals surface area contributed by atoms with Gasteiger partial charge in [0.05, 0.1) is 5.54 Å². The third-order valence-corrected chi connectivity index (χ3v) is 3.98. The molecule has 4 heteroatoms. The second-order valence-corrected chi connectivity index (χ2v) is 5.59. The summed E-state index contributed by atoms with van der Waals surface area (Å²) in [6.07, 6.45) is 2.90. The van der Waals surface area contributed by atoms with Crippen LogP contribution in [0.25, 0.3) is 0 Å². The molecule has 0 aliphatic rings. The molecule has 108 valence electrons. The molecule has 0 saturated carbocycles. The molecule has 0 radical (unpaired) electrons. The summed E-state index contributed by atoms with van der Waals surface area (Å²) in [7, 11) is 4.13. The highest BCUT2D eigenvalue weighted by Gasteiger charge is 2.28. The normalized spacial score (nSPS) is 16.7. The minimum absolute atomic E-state index is 0.0530. The Bertz CT molecular complexity index is 247. The van der Waals surface area contributed by atoms with Crippen LogP contribution in [0.1, 0.15) is 47.0 Å². The number of amides is 1. The number of carbonyl (C=O) groups excluding carboxylic acids is 1. The SMILES string of the molecule is CCC(CC)C(CNC(=O)C(C)(N)CC)N(C)C. The van der Waals surface area contributed by atoms with Crippen LogP contribution in [-0.2, 0) is 4.79 Å². The summed E-state index contributed by atoms with van der Waals surface area (Å²) in [4.78, 5) is 14.2. The summed E-state index contributed by atoms with van der Waals surface area (Å²) in [5.74, 6) is 0.550. The lowest BCUT2D eigenvalue weighted by Crippen LogP contribution is -2.54. The van der Waals surface area contributed by atoms with Gasteiger partial charge in [-0.3, -0.25) is 4.79 Å². The van der Waals surface area contributed by atoms with Crippen LogP contribution in [0.2, 0.25) is 0 Å². The average Bonchev–Trinajstić information content (AvgIpc) is 2.33. The molecule has 0 heterocycles. The van der Waals surface area contributed by atoms with Crippen molar-refractivity contribution in [3.05, 3.63) is 0 Å². The van der Waals surface area contributed by atoms with E-state index in [0.29, 0.717) is 24.9 Å². The Kier molecular flexibility index (Phi) is 7.48. The van der Waals surface area contributed by atoms with Gasteiger partial charge >= 0.3 is 0 Å². The third-order valence-electron chi connectivity index (χ3n) is 3.98. The van der Waals surface area contributed by atoms with E-state index in [2.05, 4.69) is 38.2 Å². The maximum Gasteiger partial charge on any atom is 0.239 e. The lowest BCUT2D eigenvalue weighted by atomic mass is 9.92. The molecule has 0 aliphatic heterocycles. The van der Waals surface area contributed by atoms with Crippen LogP contribution < -0.4 is 11.1 Å². The molecule has 3 N–H and O–H groups in total. The van der Waals surface area contributed by atoms with E-state index in [1.165, 1.54) is 0 Å². The molecule has 2 atom stereocenters. The van der Waals surface area contributed by atoms with Gasteiger partial charge in [0.1, 0.15) is 0 Å². The van der Waals surface area contributed by atoms with Crippen molar-refractivity contribution in [2.75, 3.05) is 20.6 Å². The summed E-state index contributed by atoms with van der Waals surface area (Å²) in [6, 6.07) is 0.372. The third kappa shape index (κ3) is 4.94. The first kappa shape index (κ1) is 17.4. The highest BCUT2D eigenvalue weighted by Crippen LogP contribution is 2.16. The van der Waals surface area contributed by atoms with Gasteiger partial charge in [-0.2, -0.15) is 0 Å². The number of likely N-dealkylation sites (N-methyl/N-ethyl adjacent to an activating group) is 1. The van der Waals surface area contributed by atoms with Crippen molar-refractivity contribution in [3.63, 3.8) is 0 Å². The van der Waals surface area contributed by atoms with E-state index in [4.69, 9.17) is 5.73 Å². The molecule has 0 aromatic carbocycles. The molecule has 4 nitrogen and oxygen atoms in total. The van der Waals surface area contributed by atoms with E-state index in [9.17, 15) is 4.79 Å². The molecule has 0 saturated heterocycles. The zero-order chi connectivity index (χ0) is 14.3. The summed E-state index contributed by atoms with van der Waals surface area (Å²) in [6.45, 7) is 8.79.